The van der Waals surface area contributed by atoms with E-state index in [1.807, 2.05) is 0 Å². The van der Waals surface area contributed by atoms with Crippen LogP contribution >= 0.6 is 0 Å². The zero-order chi connectivity index (χ0) is 15.7. The molecular weight excluding hydrogens is 297 g/mol. The van der Waals surface area contributed by atoms with E-state index < -0.39 is 17.8 Å². The molecule has 1 amide bonds. The van der Waals surface area contributed by atoms with Crippen LogP contribution in [0, 0.1) is 0 Å². The summed E-state index contributed by atoms with van der Waals surface area (Å²) in [7, 11) is 0. The fourth-order valence-corrected chi connectivity index (χ4v) is 1.85. The topological polar surface area (TPSA) is 67.8 Å². The van der Waals surface area contributed by atoms with Gasteiger partial charge in [-0.2, -0.15) is 13.2 Å². The van der Waals surface area contributed by atoms with Gasteiger partial charge in [0.1, 0.15) is 11.5 Å². The average molecular weight is 308 g/mol. The van der Waals surface area contributed by atoms with Crippen molar-refractivity contribution in [2.45, 2.75) is 24.9 Å². The molecule has 1 saturated carbocycles. The van der Waals surface area contributed by atoms with Gasteiger partial charge in [0, 0.05) is 18.3 Å². The molecule has 8 heteroatoms. The van der Waals surface area contributed by atoms with Crippen LogP contribution in [0.15, 0.2) is 30.7 Å². The van der Waals surface area contributed by atoms with Crippen LogP contribution in [0.5, 0.6) is 0 Å². The van der Waals surface area contributed by atoms with Gasteiger partial charge >= 0.3 is 6.18 Å². The Balaban J connectivity index is 1.68. The molecule has 0 saturated heterocycles. The summed E-state index contributed by atoms with van der Waals surface area (Å²) in [5.41, 5.74) is -0.601. The van der Waals surface area contributed by atoms with Crippen molar-refractivity contribution >= 4 is 11.6 Å². The molecule has 2 aromatic heterocycles. The number of amides is 1. The molecule has 2 aromatic rings. The van der Waals surface area contributed by atoms with Crippen molar-refractivity contribution in [2.75, 3.05) is 5.32 Å². The lowest BCUT2D eigenvalue weighted by molar-refractivity contribution is -0.141. The molecule has 0 aromatic carbocycles. The normalized spacial score (nSPS) is 14.7. The van der Waals surface area contributed by atoms with Crippen LogP contribution < -0.4 is 5.32 Å². The van der Waals surface area contributed by atoms with Gasteiger partial charge in [-0.3, -0.25) is 4.79 Å². The predicted molar refractivity (Wildman–Crippen MR) is 71.2 cm³/mol. The van der Waals surface area contributed by atoms with Gasteiger partial charge in [0.25, 0.3) is 5.91 Å². The SMILES string of the molecule is O=C(Nc1ccc(C(F)(F)F)nc1)c1cnc(C2CC2)nc1. The van der Waals surface area contributed by atoms with E-state index in [-0.39, 0.29) is 11.3 Å². The van der Waals surface area contributed by atoms with E-state index in [9.17, 15) is 18.0 Å². The zero-order valence-electron chi connectivity index (χ0n) is 11.3. The summed E-state index contributed by atoms with van der Waals surface area (Å²) < 4.78 is 37.2. The highest BCUT2D eigenvalue weighted by molar-refractivity contribution is 6.03. The molecule has 0 bridgehead atoms. The summed E-state index contributed by atoms with van der Waals surface area (Å²) in [5, 5.41) is 2.45. The quantitative estimate of drug-likeness (QED) is 0.946. The first-order chi connectivity index (χ1) is 10.4. The Hall–Kier alpha value is -2.51. The van der Waals surface area contributed by atoms with Crippen LogP contribution in [0.3, 0.4) is 0 Å². The Kier molecular flexibility index (Phi) is 3.51. The number of aromatic nitrogens is 3. The van der Waals surface area contributed by atoms with Gasteiger partial charge in [-0.25, -0.2) is 15.0 Å². The van der Waals surface area contributed by atoms with Crippen LogP contribution in [0.25, 0.3) is 0 Å². The number of anilines is 1. The maximum atomic E-state index is 12.4. The number of carbonyl (C=O) groups is 1. The minimum absolute atomic E-state index is 0.171. The fraction of sp³-hybridized carbons (Fsp3) is 0.286. The summed E-state index contributed by atoms with van der Waals surface area (Å²) in [6.07, 6.45) is 1.39. The van der Waals surface area contributed by atoms with Crippen LogP contribution in [-0.2, 0) is 6.18 Å². The zero-order valence-corrected chi connectivity index (χ0v) is 11.3. The minimum atomic E-state index is -4.50. The number of alkyl halides is 3. The second kappa shape index (κ2) is 5.36. The van der Waals surface area contributed by atoms with Gasteiger partial charge in [-0.05, 0) is 25.0 Å². The maximum Gasteiger partial charge on any atom is 0.433 e. The molecule has 114 valence electrons. The predicted octanol–water partition coefficient (Wildman–Crippen LogP) is 3.02. The van der Waals surface area contributed by atoms with E-state index in [1.165, 1.54) is 12.4 Å². The highest BCUT2D eigenvalue weighted by Gasteiger charge is 2.32. The second-order valence-electron chi connectivity index (χ2n) is 4.99. The fourth-order valence-electron chi connectivity index (χ4n) is 1.85. The molecule has 1 aliphatic rings. The molecule has 0 unspecified atom stereocenters. The molecule has 0 aliphatic heterocycles. The molecule has 0 atom stereocenters. The lowest BCUT2D eigenvalue weighted by atomic mass is 10.3. The number of rotatable bonds is 3. The number of hydrogen-bond donors (Lipinski definition) is 1. The first kappa shape index (κ1) is 14.4. The Morgan fingerprint density at radius 1 is 1.09 bits per heavy atom. The van der Waals surface area contributed by atoms with E-state index in [0.717, 1.165) is 31.2 Å². The van der Waals surface area contributed by atoms with Crippen molar-refractivity contribution in [1.82, 2.24) is 15.0 Å². The van der Waals surface area contributed by atoms with Crippen LogP contribution in [0.4, 0.5) is 18.9 Å². The standard InChI is InChI=1S/C14H11F3N4O/c15-14(16,17)11-4-3-10(7-18-11)21-13(22)9-5-19-12(20-6-9)8-1-2-8/h3-8H,1-2H2,(H,21,22). The molecule has 5 nitrogen and oxygen atoms in total. The Bertz CT molecular complexity index is 679. The summed E-state index contributed by atoms with van der Waals surface area (Å²) in [5.74, 6) is 0.605. The largest absolute Gasteiger partial charge is 0.433 e. The molecule has 22 heavy (non-hydrogen) atoms. The third-order valence-electron chi connectivity index (χ3n) is 3.19. The number of halogens is 3. The number of nitrogens with zero attached hydrogens (tertiary/aromatic N) is 3. The van der Waals surface area contributed by atoms with Crippen LogP contribution in [-0.4, -0.2) is 20.9 Å². The first-order valence-electron chi connectivity index (χ1n) is 6.60. The number of pyridine rings is 1. The highest BCUT2D eigenvalue weighted by Crippen LogP contribution is 2.37. The summed E-state index contributed by atoms with van der Waals surface area (Å²) >= 11 is 0. The summed E-state index contributed by atoms with van der Waals surface area (Å²) in [4.78, 5) is 23.4. The Labute approximate surface area is 123 Å². The van der Waals surface area contributed by atoms with Gasteiger partial charge in [0.15, 0.2) is 0 Å². The molecule has 0 spiro atoms. The lowest BCUT2D eigenvalue weighted by Gasteiger charge is -2.08. The molecule has 2 heterocycles. The third-order valence-corrected chi connectivity index (χ3v) is 3.19. The third kappa shape index (κ3) is 3.21. The Morgan fingerprint density at radius 3 is 2.27 bits per heavy atom. The Morgan fingerprint density at radius 2 is 1.77 bits per heavy atom. The number of hydrogen-bond acceptors (Lipinski definition) is 4. The monoisotopic (exact) mass is 308 g/mol. The lowest BCUT2D eigenvalue weighted by Crippen LogP contribution is -2.14. The van der Waals surface area contributed by atoms with Gasteiger partial charge in [-0.1, -0.05) is 0 Å². The van der Waals surface area contributed by atoms with E-state index in [2.05, 4.69) is 20.3 Å². The summed E-state index contributed by atoms with van der Waals surface area (Å²) in [6, 6.07) is 1.95. The van der Waals surface area contributed by atoms with Crippen molar-refractivity contribution in [3.05, 3.63) is 47.8 Å². The van der Waals surface area contributed by atoms with Crippen molar-refractivity contribution in [2.24, 2.45) is 0 Å². The second-order valence-corrected chi connectivity index (χ2v) is 4.99. The van der Waals surface area contributed by atoms with Gasteiger partial charge in [0.2, 0.25) is 0 Å². The highest BCUT2D eigenvalue weighted by atomic mass is 19.4. The van der Waals surface area contributed by atoms with E-state index in [4.69, 9.17) is 0 Å². The van der Waals surface area contributed by atoms with Gasteiger partial charge < -0.3 is 5.32 Å². The van der Waals surface area contributed by atoms with Crippen molar-refractivity contribution < 1.29 is 18.0 Å². The smallest absolute Gasteiger partial charge is 0.320 e. The van der Waals surface area contributed by atoms with Crippen molar-refractivity contribution in [3.63, 3.8) is 0 Å². The minimum Gasteiger partial charge on any atom is -0.320 e. The van der Waals surface area contributed by atoms with E-state index in [0.29, 0.717) is 11.7 Å². The molecule has 0 radical (unpaired) electrons. The van der Waals surface area contributed by atoms with Gasteiger partial charge in [0.05, 0.1) is 17.4 Å². The first-order valence-corrected chi connectivity index (χ1v) is 6.60. The van der Waals surface area contributed by atoms with Crippen molar-refractivity contribution in [3.8, 4) is 0 Å². The summed E-state index contributed by atoms with van der Waals surface area (Å²) in [6.45, 7) is 0. The molecule has 1 fully saturated rings. The van der Waals surface area contributed by atoms with Crippen LogP contribution in [0.2, 0.25) is 0 Å². The van der Waals surface area contributed by atoms with E-state index >= 15 is 0 Å². The number of carbonyl (C=O) groups excluding carboxylic acids is 1. The molecule has 3 rings (SSSR count). The molecule has 1 aliphatic carbocycles. The average Bonchev–Trinajstić information content (AvgIpc) is 3.32. The van der Waals surface area contributed by atoms with Gasteiger partial charge in [-0.15, -0.1) is 0 Å². The van der Waals surface area contributed by atoms with Crippen LogP contribution in [0.1, 0.15) is 40.6 Å². The van der Waals surface area contributed by atoms with Crippen molar-refractivity contribution in [1.29, 1.82) is 0 Å². The van der Waals surface area contributed by atoms with E-state index in [1.54, 1.807) is 0 Å². The molecule has 1 N–H and O–H groups in total. The maximum absolute atomic E-state index is 12.4. The molecular formula is C14H11F3N4O. The number of nitrogens with one attached hydrogen (secondary N) is 1.